The summed E-state index contributed by atoms with van der Waals surface area (Å²) in [5.74, 6) is 1.76. The van der Waals surface area contributed by atoms with E-state index in [1.807, 2.05) is 48.5 Å². The number of benzene rings is 4. The summed E-state index contributed by atoms with van der Waals surface area (Å²) in [5, 5.41) is 6.65. The van der Waals surface area contributed by atoms with Crippen molar-refractivity contribution < 1.29 is 24.8 Å². The molecule has 4 aromatic carbocycles. The monoisotopic (exact) mass is 502 g/mol. The van der Waals surface area contributed by atoms with E-state index in [0.29, 0.717) is 0 Å². The Labute approximate surface area is 204 Å². The van der Waals surface area contributed by atoms with Crippen LogP contribution in [0.5, 0.6) is 11.5 Å². The number of rotatable bonds is 5. The molecular formula is C25H20Cl2O2STi. The van der Waals surface area contributed by atoms with Crippen LogP contribution in [0, 0.1) is 0 Å². The zero-order valence-corrected chi connectivity index (χ0v) is 20.4. The van der Waals surface area contributed by atoms with E-state index in [-0.39, 0.29) is 24.8 Å². The first-order valence-electron chi connectivity index (χ1n) is 9.43. The van der Waals surface area contributed by atoms with E-state index >= 15 is 0 Å². The first kappa shape index (κ1) is 23.5. The molecule has 31 heavy (non-hydrogen) atoms. The molecule has 0 aliphatic heterocycles. The van der Waals surface area contributed by atoms with Gasteiger partial charge in [-0.3, -0.25) is 0 Å². The molecular weight excluding hydrogens is 483 g/mol. The van der Waals surface area contributed by atoms with Gasteiger partial charge >= 0.3 is 181 Å². The zero-order chi connectivity index (χ0) is 19.5. The molecule has 0 atom stereocenters. The van der Waals surface area contributed by atoms with E-state index in [9.17, 15) is 0 Å². The van der Waals surface area contributed by atoms with E-state index in [0.717, 1.165) is 22.3 Å². The van der Waals surface area contributed by atoms with E-state index in [1.54, 1.807) is 11.3 Å². The van der Waals surface area contributed by atoms with Crippen LogP contribution in [0.3, 0.4) is 0 Å². The molecule has 0 saturated heterocycles. The van der Waals surface area contributed by atoms with Crippen molar-refractivity contribution >= 4 is 62.0 Å². The third kappa shape index (κ3) is 5.38. The van der Waals surface area contributed by atoms with Crippen molar-refractivity contribution in [3.63, 3.8) is 0 Å². The van der Waals surface area contributed by atoms with Crippen LogP contribution in [0.25, 0.3) is 21.5 Å². The standard InChI is InChI=1S/2C10H8O.C5H4S.2ClH.Ti/c2*11-10-7-3-5-8-4-1-2-6-9(8)10;1-5-3-2-4-6-5;;;/h2*1-7,11H;1-4H;2*1H;/q;;;;;+2/p-2. The van der Waals surface area contributed by atoms with Crippen LogP contribution >= 0.6 is 36.2 Å². The first-order chi connectivity index (χ1) is 14.4. The van der Waals surface area contributed by atoms with Crippen LogP contribution in [0.1, 0.15) is 4.88 Å². The Balaban J connectivity index is 0.00000136. The molecule has 156 valence electrons. The van der Waals surface area contributed by atoms with Gasteiger partial charge in [-0.1, -0.05) is 0 Å². The van der Waals surface area contributed by atoms with Crippen molar-refractivity contribution in [3.8, 4) is 11.5 Å². The van der Waals surface area contributed by atoms with Crippen LogP contribution in [0.4, 0.5) is 0 Å². The van der Waals surface area contributed by atoms with Crippen LogP contribution in [0.15, 0.2) is 102 Å². The van der Waals surface area contributed by atoms with Gasteiger partial charge < -0.3 is 0 Å². The van der Waals surface area contributed by atoms with Gasteiger partial charge in [-0.15, -0.1) is 24.8 Å². The van der Waals surface area contributed by atoms with Gasteiger partial charge in [0.25, 0.3) is 0 Å². The van der Waals surface area contributed by atoms with Gasteiger partial charge in [0.15, 0.2) is 0 Å². The average molecular weight is 503 g/mol. The normalized spacial score (nSPS) is 10.1. The van der Waals surface area contributed by atoms with Gasteiger partial charge in [0.1, 0.15) is 0 Å². The number of halogens is 2. The predicted molar refractivity (Wildman–Crippen MR) is 133 cm³/mol. The summed E-state index contributed by atoms with van der Waals surface area (Å²) >= 11 is -0.835. The molecule has 0 radical (unpaired) electrons. The summed E-state index contributed by atoms with van der Waals surface area (Å²) in [6.07, 6.45) is 0. The first-order valence-corrected chi connectivity index (χ1v) is 12.5. The summed E-state index contributed by atoms with van der Waals surface area (Å²) in [4.78, 5) is 1.18. The van der Waals surface area contributed by atoms with Gasteiger partial charge in [-0.25, -0.2) is 0 Å². The topological polar surface area (TPSA) is 18.5 Å². The van der Waals surface area contributed by atoms with Crippen molar-refractivity contribution in [3.05, 3.63) is 107 Å². The number of fused-ring (bicyclic) bond motifs is 2. The average Bonchev–Trinajstić information content (AvgIpc) is 3.27. The number of thiophene rings is 1. The maximum atomic E-state index is 6.55. The second-order valence-corrected chi connectivity index (χ2v) is 9.70. The predicted octanol–water partition coefficient (Wildman–Crippen LogP) is 7.65. The number of hydrogen-bond donors (Lipinski definition) is 0. The Hall–Kier alpha value is -2.14. The fourth-order valence-corrected chi connectivity index (χ4v) is 6.61. The second kappa shape index (κ2) is 10.9. The van der Waals surface area contributed by atoms with Crippen LogP contribution in [-0.2, 0) is 18.2 Å². The third-order valence-corrected chi connectivity index (χ3v) is 8.04. The van der Waals surface area contributed by atoms with Crippen LogP contribution < -0.4 is 6.64 Å². The summed E-state index contributed by atoms with van der Waals surface area (Å²) in [7, 11) is 0. The summed E-state index contributed by atoms with van der Waals surface area (Å²) in [5.41, 5.74) is 0. The molecule has 5 rings (SSSR count). The molecule has 1 aromatic heterocycles. The van der Waals surface area contributed by atoms with Gasteiger partial charge in [-0.05, 0) is 0 Å². The van der Waals surface area contributed by atoms with E-state index in [2.05, 4.69) is 58.2 Å². The number of hydrogen-bond acceptors (Lipinski definition) is 3. The van der Waals surface area contributed by atoms with Gasteiger partial charge in [0.05, 0.1) is 0 Å². The van der Waals surface area contributed by atoms with Crippen LogP contribution in [0.2, 0.25) is 0 Å². The van der Waals surface area contributed by atoms with Crippen molar-refractivity contribution in [2.75, 3.05) is 0 Å². The van der Waals surface area contributed by atoms with Gasteiger partial charge in [0.2, 0.25) is 0 Å². The third-order valence-electron chi connectivity index (χ3n) is 4.72. The molecule has 0 unspecified atom stereocenters. The summed E-state index contributed by atoms with van der Waals surface area (Å²) in [6, 6.07) is 33.1. The minimum atomic E-state index is -2.54. The van der Waals surface area contributed by atoms with E-state index in [4.69, 9.17) is 6.64 Å². The van der Waals surface area contributed by atoms with Crippen LogP contribution in [-0.4, -0.2) is 4.31 Å². The fraction of sp³-hybridized carbons (Fsp3) is 0. The van der Waals surface area contributed by atoms with Crippen molar-refractivity contribution in [2.45, 2.75) is 0 Å². The molecule has 0 fully saturated rings. The molecule has 0 N–H and O–H groups in total. The Bertz CT molecular complexity index is 1230. The minimum absolute atomic E-state index is 0. The molecule has 1 heterocycles. The molecule has 0 amide bonds. The van der Waals surface area contributed by atoms with Crippen molar-refractivity contribution in [2.24, 2.45) is 0 Å². The Morgan fingerprint density at radius 2 is 1.10 bits per heavy atom. The summed E-state index contributed by atoms with van der Waals surface area (Å²) in [6.45, 7) is 0. The second-order valence-electron chi connectivity index (χ2n) is 6.64. The quantitative estimate of drug-likeness (QED) is 0.230. The zero-order valence-electron chi connectivity index (χ0n) is 16.4. The van der Waals surface area contributed by atoms with Gasteiger partial charge in [-0.2, -0.15) is 0 Å². The molecule has 0 aliphatic rings. The molecule has 0 spiro atoms. The van der Waals surface area contributed by atoms with E-state index < -0.39 is 18.2 Å². The molecule has 0 bridgehead atoms. The Morgan fingerprint density at radius 3 is 1.61 bits per heavy atom. The fourth-order valence-electron chi connectivity index (χ4n) is 3.36. The maximum absolute atomic E-state index is 6.55. The van der Waals surface area contributed by atoms with E-state index in [1.165, 1.54) is 15.6 Å². The SMILES string of the molecule is Cl.Cl.[CH](c1cccs1)=[Ti]([O]c1cccc2ccccc12)[O]c1cccc2ccccc12. The molecule has 2 nitrogen and oxygen atoms in total. The molecule has 6 heteroatoms. The molecule has 5 aromatic rings. The van der Waals surface area contributed by atoms with Gasteiger partial charge in [0, 0.05) is 0 Å². The van der Waals surface area contributed by atoms with Crippen molar-refractivity contribution in [1.82, 2.24) is 0 Å². The Kier molecular flexibility index (Phi) is 8.31. The van der Waals surface area contributed by atoms with Crippen molar-refractivity contribution in [1.29, 1.82) is 0 Å². The Morgan fingerprint density at radius 1 is 0.581 bits per heavy atom. The summed E-state index contributed by atoms with van der Waals surface area (Å²) < 4.78 is 15.3. The molecule has 0 aliphatic carbocycles. The molecule has 0 saturated carbocycles.